The minimum Gasteiger partial charge on any atom is -0.358 e. The topological polar surface area (TPSA) is 66.5 Å². The molecule has 1 saturated heterocycles. The highest BCUT2D eigenvalue weighted by Gasteiger charge is 2.70. The summed E-state index contributed by atoms with van der Waals surface area (Å²) in [7, 11) is 0. The molecule has 192 valence electrons. The summed E-state index contributed by atoms with van der Waals surface area (Å²) in [6, 6.07) is 21.9. The Balaban J connectivity index is 1.55. The van der Waals surface area contributed by atoms with Crippen molar-refractivity contribution in [3.63, 3.8) is 0 Å². The number of amides is 1. The molecular weight excluding hydrogens is 551 g/mol. The summed E-state index contributed by atoms with van der Waals surface area (Å²) < 4.78 is 0. The Kier molecular flexibility index (Phi) is 5.56. The first-order valence-corrected chi connectivity index (χ1v) is 14.1. The number of hydrogen-bond acceptors (Lipinski definition) is 5. The lowest BCUT2D eigenvalue weighted by Gasteiger charge is -2.38. The Labute approximate surface area is 238 Å². The molecule has 1 spiro atoms. The van der Waals surface area contributed by atoms with E-state index in [-0.39, 0.29) is 28.1 Å². The van der Waals surface area contributed by atoms with Gasteiger partial charge in [0.05, 0.1) is 21.9 Å². The van der Waals surface area contributed by atoms with E-state index < -0.39 is 23.4 Å². The fourth-order valence-electron chi connectivity index (χ4n) is 6.59. The van der Waals surface area contributed by atoms with Crippen LogP contribution in [0.1, 0.15) is 42.8 Å². The summed E-state index contributed by atoms with van der Waals surface area (Å²) >= 11 is 14.0. The number of benzene rings is 3. The van der Waals surface area contributed by atoms with Gasteiger partial charge in [-0.1, -0.05) is 71.7 Å². The number of nitrogens with one attached hydrogen (secondary N) is 1. The van der Waals surface area contributed by atoms with Crippen LogP contribution in [0, 0.1) is 5.92 Å². The molecule has 0 aliphatic carbocycles. The van der Waals surface area contributed by atoms with Gasteiger partial charge >= 0.3 is 0 Å². The second kappa shape index (κ2) is 8.91. The molecule has 4 heterocycles. The Bertz CT molecular complexity index is 1720. The normalized spacial score (nSPS) is 24.3. The van der Waals surface area contributed by atoms with Crippen molar-refractivity contribution in [2.45, 2.75) is 17.5 Å². The Morgan fingerprint density at radius 3 is 2.51 bits per heavy atom. The van der Waals surface area contributed by atoms with E-state index in [1.54, 1.807) is 24.3 Å². The average Bonchev–Trinajstić information content (AvgIpc) is 3.65. The monoisotopic (exact) mass is 570 g/mol. The predicted octanol–water partition coefficient (Wildman–Crippen LogP) is 7.04. The molecule has 3 aliphatic rings. The summed E-state index contributed by atoms with van der Waals surface area (Å²) in [6.07, 6.45) is 3.77. The molecule has 3 aromatic carbocycles. The summed E-state index contributed by atoms with van der Waals surface area (Å²) in [5, 5.41) is 5.48. The first kappa shape index (κ1) is 24.3. The number of carbonyl (C=O) groups excluding carboxylic acids is 3. The zero-order valence-electron chi connectivity index (χ0n) is 20.3. The van der Waals surface area contributed by atoms with Crippen LogP contribution in [-0.2, 0) is 10.2 Å². The van der Waals surface area contributed by atoms with Crippen LogP contribution in [0.2, 0.25) is 10.0 Å². The summed E-state index contributed by atoms with van der Waals surface area (Å²) in [4.78, 5) is 45.8. The van der Waals surface area contributed by atoms with Crippen LogP contribution in [0.25, 0.3) is 6.08 Å². The molecule has 0 saturated carbocycles. The molecule has 1 fully saturated rings. The Morgan fingerprint density at radius 1 is 0.923 bits per heavy atom. The number of thiophene rings is 1. The second-order valence-electron chi connectivity index (χ2n) is 9.92. The molecule has 39 heavy (non-hydrogen) atoms. The first-order valence-electron chi connectivity index (χ1n) is 12.5. The van der Waals surface area contributed by atoms with Gasteiger partial charge in [0.15, 0.2) is 11.6 Å². The van der Waals surface area contributed by atoms with E-state index in [1.165, 1.54) is 17.4 Å². The molecule has 8 heteroatoms. The number of carbonyl (C=O) groups is 3. The first-order chi connectivity index (χ1) is 18.9. The lowest BCUT2D eigenvalue weighted by atomic mass is 9.63. The molecule has 0 bridgehead atoms. The molecule has 5 nitrogen and oxygen atoms in total. The average molecular weight is 571 g/mol. The Hall–Kier alpha value is -3.71. The molecule has 1 N–H and O–H groups in total. The van der Waals surface area contributed by atoms with Crippen molar-refractivity contribution >= 4 is 63.8 Å². The maximum atomic E-state index is 14.5. The van der Waals surface area contributed by atoms with E-state index in [9.17, 15) is 14.4 Å². The predicted molar refractivity (Wildman–Crippen MR) is 154 cm³/mol. The van der Waals surface area contributed by atoms with Crippen LogP contribution < -0.4 is 5.32 Å². The third kappa shape index (κ3) is 3.35. The minimum atomic E-state index is -1.36. The highest BCUT2D eigenvalue weighted by Crippen LogP contribution is 2.62. The van der Waals surface area contributed by atoms with E-state index in [0.29, 0.717) is 21.2 Å². The highest BCUT2D eigenvalue weighted by molar-refractivity contribution is 7.12. The van der Waals surface area contributed by atoms with E-state index in [0.717, 1.165) is 11.1 Å². The quantitative estimate of drug-likeness (QED) is 0.267. The van der Waals surface area contributed by atoms with E-state index in [4.69, 9.17) is 23.2 Å². The minimum absolute atomic E-state index is 0.199. The number of fused-ring (bicyclic) bond motifs is 6. The molecule has 7 rings (SSSR count). The van der Waals surface area contributed by atoms with Gasteiger partial charge in [0.1, 0.15) is 11.5 Å². The number of para-hydroxylation sites is 1. The van der Waals surface area contributed by atoms with Crippen molar-refractivity contribution in [3.8, 4) is 0 Å². The van der Waals surface area contributed by atoms with Crippen molar-refractivity contribution in [1.29, 1.82) is 0 Å². The number of rotatable bonds is 4. The van der Waals surface area contributed by atoms with Gasteiger partial charge in [-0.2, -0.15) is 0 Å². The van der Waals surface area contributed by atoms with Crippen molar-refractivity contribution in [3.05, 3.63) is 128 Å². The van der Waals surface area contributed by atoms with Gasteiger partial charge in [-0.3, -0.25) is 14.4 Å². The van der Waals surface area contributed by atoms with Crippen LogP contribution in [0.4, 0.5) is 5.69 Å². The van der Waals surface area contributed by atoms with Gasteiger partial charge in [-0.05, 0) is 58.5 Å². The summed E-state index contributed by atoms with van der Waals surface area (Å²) in [5.41, 5.74) is 2.07. The molecule has 0 unspecified atom stereocenters. The second-order valence-corrected chi connectivity index (χ2v) is 11.7. The zero-order valence-corrected chi connectivity index (χ0v) is 22.6. The maximum absolute atomic E-state index is 14.5. The summed E-state index contributed by atoms with van der Waals surface area (Å²) in [6.45, 7) is 0. The van der Waals surface area contributed by atoms with Crippen LogP contribution in [-0.4, -0.2) is 28.4 Å². The molecule has 1 amide bonds. The van der Waals surface area contributed by atoms with Gasteiger partial charge in [-0.15, -0.1) is 11.3 Å². The molecule has 4 atom stereocenters. The number of anilines is 1. The fraction of sp³-hybridized carbons (Fsp3) is 0.129. The molecule has 4 aromatic rings. The largest absolute Gasteiger partial charge is 0.358 e. The van der Waals surface area contributed by atoms with Gasteiger partial charge in [0.25, 0.3) is 0 Å². The van der Waals surface area contributed by atoms with Crippen LogP contribution in [0.3, 0.4) is 0 Å². The number of ketones is 2. The van der Waals surface area contributed by atoms with Crippen molar-refractivity contribution in [1.82, 2.24) is 4.90 Å². The van der Waals surface area contributed by atoms with Gasteiger partial charge in [0, 0.05) is 22.5 Å². The summed E-state index contributed by atoms with van der Waals surface area (Å²) in [5.74, 6) is -1.91. The molecule has 3 aliphatic heterocycles. The number of Topliss-reactive ketones (excluding diaryl/α,β-unsaturated/α-hetero) is 2. The van der Waals surface area contributed by atoms with E-state index >= 15 is 0 Å². The maximum Gasteiger partial charge on any atom is 0.238 e. The Morgan fingerprint density at radius 2 is 1.72 bits per heavy atom. The van der Waals surface area contributed by atoms with E-state index in [1.807, 2.05) is 71.1 Å². The third-order valence-corrected chi connectivity index (χ3v) is 9.51. The highest BCUT2D eigenvalue weighted by atomic mass is 35.5. The molecular formula is C31H20Cl2N2O3S. The SMILES string of the molecule is O=C(c1ccc(Cl)cc1Cl)[C@@H]1[C@H](C(=O)c2cccs2)[C@@]2(C(=O)Nc3ccccc32)[C@@H]2c3ccccc3C=CN12. The third-order valence-electron chi connectivity index (χ3n) is 8.08. The van der Waals surface area contributed by atoms with Crippen LogP contribution >= 0.6 is 34.5 Å². The zero-order chi connectivity index (χ0) is 26.9. The number of nitrogens with zero attached hydrogens (tertiary/aromatic N) is 1. The fourth-order valence-corrected chi connectivity index (χ4v) is 7.79. The number of halogens is 2. The van der Waals surface area contributed by atoms with Crippen molar-refractivity contribution < 1.29 is 14.4 Å². The van der Waals surface area contributed by atoms with Gasteiger partial charge in [0.2, 0.25) is 5.91 Å². The molecule has 1 aromatic heterocycles. The van der Waals surface area contributed by atoms with Crippen molar-refractivity contribution in [2.24, 2.45) is 5.92 Å². The van der Waals surface area contributed by atoms with Crippen LogP contribution in [0.5, 0.6) is 0 Å². The lowest BCUT2D eigenvalue weighted by Crippen LogP contribution is -2.49. The van der Waals surface area contributed by atoms with Gasteiger partial charge < -0.3 is 10.2 Å². The number of hydrogen-bond donors (Lipinski definition) is 1. The van der Waals surface area contributed by atoms with E-state index in [2.05, 4.69) is 5.32 Å². The smallest absolute Gasteiger partial charge is 0.238 e. The van der Waals surface area contributed by atoms with Gasteiger partial charge in [-0.25, -0.2) is 0 Å². The standard InChI is InChI=1S/C31H20Cl2N2O3S/c32-18-11-12-20(22(33)16-18)27(36)26-25(28(37)24-10-5-15-39-24)31(21-8-3-4-9-23(21)34-30(31)38)29-19-7-2-1-6-17(19)13-14-35(26)29/h1-16,25-26,29H,(H,34,38)/t25-,26+,29+,31-/m1/s1. The lowest BCUT2D eigenvalue weighted by molar-refractivity contribution is -0.122. The molecule has 0 radical (unpaired) electrons. The van der Waals surface area contributed by atoms with Crippen LogP contribution in [0.15, 0.2) is 90.4 Å². The van der Waals surface area contributed by atoms with Crippen molar-refractivity contribution in [2.75, 3.05) is 5.32 Å².